The molecule has 3 rings (SSSR count). The Morgan fingerprint density at radius 2 is 2.09 bits per heavy atom. The maximum atomic E-state index is 11.1. The lowest BCUT2D eigenvalue weighted by Gasteiger charge is -2.09. The second-order valence-corrected chi connectivity index (χ2v) is 4.76. The standard InChI is InChI=1S/C16H11N5O2/c1-2-10-4-3-5-11(6-10)20-16-12-7-15(21(22)23)13(17)8-14(12)18-9-19-16/h1,3-9H,17H2,(H,18,19,20). The minimum atomic E-state index is -0.537. The van der Waals surface area contributed by atoms with Crippen molar-refractivity contribution in [1.82, 2.24) is 9.97 Å². The van der Waals surface area contributed by atoms with Gasteiger partial charge in [-0.15, -0.1) is 6.42 Å². The van der Waals surface area contributed by atoms with Crippen LogP contribution in [0.2, 0.25) is 0 Å². The van der Waals surface area contributed by atoms with Crippen molar-refractivity contribution in [3.05, 3.63) is 58.4 Å². The van der Waals surface area contributed by atoms with Crippen LogP contribution in [0.4, 0.5) is 22.9 Å². The second kappa shape index (κ2) is 5.61. The molecule has 1 aromatic heterocycles. The lowest BCUT2D eigenvalue weighted by Crippen LogP contribution is -2.00. The summed E-state index contributed by atoms with van der Waals surface area (Å²) in [7, 11) is 0. The molecule has 0 bridgehead atoms. The maximum Gasteiger partial charge on any atom is 0.293 e. The van der Waals surface area contributed by atoms with Crippen molar-refractivity contribution < 1.29 is 4.92 Å². The number of hydrogen-bond acceptors (Lipinski definition) is 6. The summed E-state index contributed by atoms with van der Waals surface area (Å²) >= 11 is 0. The van der Waals surface area contributed by atoms with Gasteiger partial charge < -0.3 is 11.1 Å². The van der Waals surface area contributed by atoms with Crippen LogP contribution < -0.4 is 11.1 Å². The van der Waals surface area contributed by atoms with Crippen LogP contribution in [-0.4, -0.2) is 14.9 Å². The number of terminal acetylenes is 1. The van der Waals surface area contributed by atoms with Gasteiger partial charge in [0.05, 0.1) is 10.4 Å². The van der Waals surface area contributed by atoms with Crippen molar-refractivity contribution in [3.8, 4) is 12.3 Å². The van der Waals surface area contributed by atoms with Crippen molar-refractivity contribution >= 4 is 33.8 Å². The van der Waals surface area contributed by atoms with Crippen molar-refractivity contribution in [2.45, 2.75) is 0 Å². The van der Waals surface area contributed by atoms with E-state index in [2.05, 4.69) is 21.2 Å². The Morgan fingerprint density at radius 3 is 2.83 bits per heavy atom. The van der Waals surface area contributed by atoms with Gasteiger partial charge in [0.25, 0.3) is 5.69 Å². The molecule has 0 aliphatic carbocycles. The van der Waals surface area contributed by atoms with E-state index >= 15 is 0 Å². The van der Waals surface area contributed by atoms with Gasteiger partial charge >= 0.3 is 0 Å². The van der Waals surface area contributed by atoms with E-state index in [-0.39, 0.29) is 11.4 Å². The van der Waals surface area contributed by atoms with Crippen LogP contribution in [0.5, 0.6) is 0 Å². The molecule has 3 aromatic rings. The molecule has 0 aliphatic rings. The zero-order valence-electron chi connectivity index (χ0n) is 11.9. The molecule has 1 heterocycles. The number of hydrogen-bond donors (Lipinski definition) is 2. The molecule has 2 aromatic carbocycles. The van der Waals surface area contributed by atoms with Crippen LogP contribution in [0.3, 0.4) is 0 Å². The molecule has 0 saturated heterocycles. The summed E-state index contributed by atoms with van der Waals surface area (Å²) in [5.74, 6) is 2.98. The third kappa shape index (κ3) is 2.73. The fourth-order valence-electron chi connectivity index (χ4n) is 2.19. The van der Waals surface area contributed by atoms with E-state index < -0.39 is 4.92 Å². The quantitative estimate of drug-likeness (QED) is 0.333. The van der Waals surface area contributed by atoms with E-state index in [1.807, 2.05) is 6.07 Å². The summed E-state index contributed by atoms with van der Waals surface area (Å²) in [4.78, 5) is 18.8. The molecule has 112 valence electrons. The Hall–Kier alpha value is -3.66. The lowest BCUT2D eigenvalue weighted by atomic mass is 10.1. The number of benzene rings is 2. The average molecular weight is 305 g/mol. The number of fused-ring (bicyclic) bond motifs is 1. The van der Waals surface area contributed by atoms with Crippen LogP contribution in [0.25, 0.3) is 10.9 Å². The molecule has 0 amide bonds. The van der Waals surface area contributed by atoms with Gasteiger partial charge in [-0.25, -0.2) is 9.97 Å². The highest BCUT2D eigenvalue weighted by Gasteiger charge is 2.15. The van der Waals surface area contributed by atoms with Crippen LogP contribution in [-0.2, 0) is 0 Å². The number of aromatic nitrogens is 2. The molecule has 0 spiro atoms. The van der Waals surface area contributed by atoms with Crippen LogP contribution in [0.1, 0.15) is 5.56 Å². The normalized spacial score (nSPS) is 10.2. The van der Waals surface area contributed by atoms with Gasteiger partial charge in [0.1, 0.15) is 17.8 Å². The van der Waals surface area contributed by atoms with Gasteiger partial charge in [-0.3, -0.25) is 10.1 Å². The van der Waals surface area contributed by atoms with E-state index in [0.717, 1.165) is 5.69 Å². The lowest BCUT2D eigenvalue weighted by molar-refractivity contribution is -0.383. The fourth-order valence-corrected chi connectivity index (χ4v) is 2.19. The third-order valence-corrected chi connectivity index (χ3v) is 3.27. The van der Waals surface area contributed by atoms with Gasteiger partial charge in [-0.05, 0) is 24.3 Å². The number of nitro benzene ring substituents is 1. The molecule has 0 aliphatic heterocycles. The minimum Gasteiger partial charge on any atom is -0.393 e. The highest BCUT2D eigenvalue weighted by atomic mass is 16.6. The van der Waals surface area contributed by atoms with E-state index in [1.165, 1.54) is 18.5 Å². The van der Waals surface area contributed by atoms with Crippen LogP contribution in [0, 0.1) is 22.5 Å². The predicted molar refractivity (Wildman–Crippen MR) is 88.3 cm³/mol. The van der Waals surface area contributed by atoms with Crippen molar-refractivity contribution in [3.63, 3.8) is 0 Å². The Bertz CT molecular complexity index is 962. The Kier molecular flexibility index (Phi) is 3.49. The minimum absolute atomic E-state index is 0.0569. The Balaban J connectivity index is 2.12. The smallest absolute Gasteiger partial charge is 0.293 e. The van der Waals surface area contributed by atoms with Gasteiger partial charge in [-0.1, -0.05) is 12.0 Å². The highest BCUT2D eigenvalue weighted by Crippen LogP contribution is 2.31. The molecular weight excluding hydrogens is 294 g/mol. The molecule has 0 radical (unpaired) electrons. The number of nitrogens with one attached hydrogen (secondary N) is 1. The van der Waals surface area contributed by atoms with Gasteiger partial charge in [0.2, 0.25) is 0 Å². The molecule has 0 atom stereocenters. The molecule has 0 fully saturated rings. The maximum absolute atomic E-state index is 11.1. The number of nitrogens with two attached hydrogens (primary N) is 1. The fraction of sp³-hybridized carbons (Fsp3) is 0. The molecule has 3 N–H and O–H groups in total. The molecule has 7 heteroatoms. The number of nitrogen functional groups attached to an aromatic ring is 1. The van der Waals surface area contributed by atoms with Crippen molar-refractivity contribution in [1.29, 1.82) is 0 Å². The first-order valence-electron chi connectivity index (χ1n) is 6.61. The number of nitro groups is 1. The largest absolute Gasteiger partial charge is 0.393 e. The first kappa shape index (κ1) is 14.3. The van der Waals surface area contributed by atoms with Gasteiger partial charge in [0.15, 0.2) is 0 Å². The van der Waals surface area contributed by atoms with Gasteiger partial charge in [-0.2, -0.15) is 0 Å². The summed E-state index contributed by atoms with van der Waals surface area (Å²) in [5.41, 5.74) is 7.50. The topological polar surface area (TPSA) is 107 Å². The third-order valence-electron chi connectivity index (χ3n) is 3.27. The summed E-state index contributed by atoms with van der Waals surface area (Å²) in [6.45, 7) is 0. The molecule has 0 saturated carbocycles. The van der Waals surface area contributed by atoms with Crippen LogP contribution >= 0.6 is 0 Å². The van der Waals surface area contributed by atoms with E-state index in [0.29, 0.717) is 22.3 Å². The highest BCUT2D eigenvalue weighted by molar-refractivity contribution is 5.95. The summed E-state index contributed by atoms with van der Waals surface area (Å²) in [6, 6.07) is 10.0. The second-order valence-electron chi connectivity index (χ2n) is 4.76. The zero-order valence-corrected chi connectivity index (χ0v) is 11.9. The average Bonchev–Trinajstić information content (AvgIpc) is 2.54. The summed E-state index contributed by atoms with van der Waals surface area (Å²) < 4.78 is 0. The van der Waals surface area contributed by atoms with Crippen molar-refractivity contribution in [2.75, 3.05) is 11.1 Å². The Morgan fingerprint density at radius 1 is 1.26 bits per heavy atom. The monoisotopic (exact) mass is 305 g/mol. The summed E-state index contributed by atoms with van der Waals surface area (Å²) in [5, 5.41) is 14.7. The molecule has 7 nitrogen and oxygen atoms in total. The number of rotatable bonds is 3. The first-order chi connectivity index (χ1) is 11.1. The first-order valence-corrected chi connectivity index (χ1v) is 6.61. The number of nitrogens with zero attached hydrogens (tertiary/aromatic N) is 3. The van der Waals surface area contributed by atoms with Crippen molar-refractivity contribution in [2.24, 2.45) is 0 Å². The predicted octanol–water partition coefficient (Wildman–Crippen LogP) is 2.85. The van der Waals surface area contributed by atoms with E-state index in [9.17, 15) is 10.1 Å². The summed E-state index contributed by atoms with van der Waals surface area (Å²) in [6.07, 6.45) is 6.74. The molecule has 23 heavy (non-hydrogen) atoms. The number of anilines is 3. The van der Waals surface area contributed by atoms with Crippen LogP contribution in [0.15, 0.2) is 42.7 Å². The van der Waals surface area contributed by atoms with Gasteiger partial charge in [0, 0.05) is 22.7 Å². The van der Waals surface area contributed by atoms with E-state index in [1.54, 1.807) is 18.2 Å². The Labute approximate surface area is 131 Å². The van der Waals surface area contributed by atoms with E-state index in [4.69, 9.17) is 12.2 Å². The molecular formula is C16H11N5O2. The SMILES string of the molecule is C#Cc1cccc(Nc2ncnc3cc(N)c([N+](=O)[O-])cc23)c1. The molecule has 0 unspecified atom stereocenters. The zero-order chi connectivity index (χ0) is 16.4.